The van der Waals surface area contributed by atoms with Crippen molar-refractivity contribution in [1.29, 1.82) is 0 Å². The number of carbonyl (C=O) groups is 4. The molecule has 0 radical (unpaired) electrons. The highest BCUT2D eigenvalue weighted by Gasteiger charge is 2.37. The van der Waals surface area contributed by atoms with Crippen molar-refractivity contribution in [3.63, 3.8) is 0 Å². The number of alkyl carbamates (subject to hydrolysis) is 2. The van der Waals surface area contributed by atoms with Gasteiger partial charge < -0.3 is 39.8 Å². The quantitative estimate of drug-likeness (QED) is 0.0370. The molecular weight excluding hydrogens is 957 g/mol. The maximum atomic E-state index is 12.7. The summed E-state index contributed by atoms with van der Waals surface area (Å²) in [4.78, 5) is 48.0. The molecule has 0 aliphatic heterocycles. The molecule has 6 unspecified atom stereocenters. The molecule has 0 aromatic heterocycles. The Morgan fingerprint density at radius 3 is 1.20 bits per heavy atom. The number of rotatable bonds is 44. The molecule has 76 heavy (non-hydrogen) atoms. The molecule has 3 rings (SSSR count). The monoisotopic (exact) mass is 1060 g/mol. The van der Waals surface area contributed by atoms with E-state index in [4.69, 9.17) is 18.9 Å². The molecule has 2 aromatic carbocycles. The number of benzene rings is 2. The Bertz CT molecular complexity index is 1890. The predicted molar refractivity (Wildman–Crippen MR) is 307 cm³/mol. The third-order valence-corrected chi connectivity index (χ3v) is 15.4. The van der Waals surface area contributed by atoms with E-state index >= 15 is 0 Å². The van der Waals surface area contributed by atoms with E-state index in [1.807, 2.05) is 60.7 Å². The molecule has 428 valence electrons. The standard InChI is InChI=1S/C64H102N2O10/c1-5-7-9-16-29-39-59-53(33-23-8-6-2)43-44-54(34-24-17-12-10-14-19-31-47-65-63(71)75-57(45-41-51(3)61(67)68)49-73-55-35-25-21-26-36-55)60(59)40-30-18-13-11-15-20-32-48-66-64(72)76-58(46-42-52(4)62(69)70)50-74-56-37-27-22-28-38-56/h21-22,25-28,35-38,41-42,53-54,57-60H,5-20,23-24,29-34,39-40,43-50H2,1-4H3,(H,65,71)(H,66,72)(H,67,68)(H,69,70). The number of unbranched alkanes of at least 4 members (excludes halogenated alkanes) is 18. The minimum Gasteiger partial charge on any atom is -0.490 e. The van der Waals surface area contributed by atoms with Gasteiger partial charge in [-0.25, -0.2) is 19.2 Å². The van der Waals surface area contributed by atoms with Crippen LogP contribution in [-0.4, -0.2) is 72.8 Å². The summed E-state index contributed by atoms with van der Waals surface area (Å²) < 4.78 is 22.9. The van der Waals surface area contributed by atoms with Crippen molar-refractivity contribution in [1.82, 2.24) is 10.6 Å². The minimum absolute atomic E-state index is 0.129. The van der Waals surface area contributed by atoms with E-state index in [-0.39, 0.29) is 37.2 Å². The Balaban J connectivity index is 1.39. The molecule has 1 aliphatic carbocycles. The van der Waals surface area contributed by atoms with Crippen LogP contribution in [-0.2, 0) is 19.1 Å². The van der Waals surface area contributed by atoms with Crippen LogP contribution >= 0.6 is 0 Å². The highest BCUT2D eigenvalue weighted by atomic mass is 16.6. The van der Waals surface area contributed by atoms with E-state index in [0.717, 1.165) is 62.2 Å². The Morgan fingerprint density at radius 2 is 0.816 bits per heavy atom. The van der Waals surface area contributed by atoms with Crippen LogP contribution in [0.5, 0.6) is 11.5 Å². The summed E-state index contributed by atoms with van der Waals surface area (Å²) in [6.07, 6.45) is 37.1. The number of hydrogen-bond acceptors (Lipinski definition) is 8. The number of amides is 2. The number of para-hydroxylation sites is 2. The molecule has 6 atom stereocenters. The number of nitrogens with one attached hydrogen (secondary N) is 2. The van der Waals surface area contributed by atoms with E-state index in [2.05, 4.69) is 24.5 Å². The normalized spacial score (nSPS) is 17.6. The summed E-state index contributed by atoms with van der Waals surface area (Å²) in [5.74, 6) is 2.82. The Morgan fingerprint density at radius 1 is 0.487 bits per heavy atom. The summed E-state index contributed by atoms with van der Waals surface area (Å²) in [5, 5.41) is 24.3. The lowest BCUT2D eigenvalue weighted by molar-refractivity contribution is -0.133. The van der Waals surface area contributed by atoms with Gasteiger partial charge in [-0.3, -0.25) is 0 Å². The second-order valence-electron chi connectivity index (χ2n) is 21.7. The van der Waals surface area contributed by atoms with Crippen molar-refractivity contribution >= 4 is 24.1 Å². The third kappa shape index (κ3) is 30.7. The average molecular weight is 1060 g/mol. The van der Waals surface area contributed by atoms with Crippen LogP contribution in [0, 0.1) is 23.7 Å². The van der Waals surface area contributed by atoms with E-state index in [1.54, 1.807) is 12.2 Å². The molecule has 0 bridgehead atoms. The van der Waals surface area contributed by atoms with E-state index in [0.29, 0.717) is 24.6 Å². The number of carboxylic acids is 2. The van der Waals surface area contributed by atoms with E-state index in [9.17, 15) is 29.4 Å². The van der Waals surface area contributed by atoms with Crippen LogP contribution in [0.4, 0.5) is 9.59 Å². The number of ether oxygens (including phenoxy) is 4. The molecular formula is C64H102N2O10. The second kappa shape index (κ2) is 42.1. The minimum atomic E-state index is -0.997. The number of aliphatic carboxylic acids is 2. The van der Waals surface area contributed by atoms with Gasteiger partial charge in [0.05, 0.1) is 0 Å². The number of hydrogen-bond donors (Lipinski definition) is 4. The SMILES string of the molecule is CCCCCCCC1C(CCCCC)CCC(CCCCCCCCCNC(=O)OC(CC=C(C)C(=O)O)COc2ccccc2)C1CCCCCCCCCNC(=O)OC(CC=C(C)C(=O)O)COc1ccccc1. The van der Waals surface area contributed by atoms with Crippen molar-refractivity contribution < 1.29 is 48.3 Å². The van der Waals surface area contributed by atoms with Gasteiger partial charge in [-0.05, 0) is 100 Å². The molecule has 1 fully saturated rings. The smallest absolute Gasteiger partial charge is 0.407 e. The zero-order valence-electron chi connectivity index (χ0n) is 47.6. The molecule has 2 aromatic rings. The Kier molecular flexibility index (Phi) is 36.1. The van der Waals surface area contributed by atoms with Crippen LogP contribution < -0.4 is 20.1 Å². The molecule has 0 saturated heterocycles. The highest BCUT2D eigenvalue weighted by molar-refractivity contribution is 5.86. The fourth-order valence-corrected chi connectivity index (χ4v) is 10.9. The molecule has 2 amide bonds. The third-order valence-electron chi connectivity index (χ3n) is 15.4. The topological polar surface area (TPSA) is 170 Å². The van der Waals surface area contributed by atoms with Gasteiger partial charge in [0.25, 0.3) is 0 Å². The van der Waals surface area contributed by atoms with Crippen molar-refractivity contribution in [3.05, 3.63) is 84.0 Å². The van der Waals surface area contributed by atoms with Crippen LogP contribution in [0.15, 0.2) is 84.0 Å². The zero-order chi connectivity index (χ0) is 54.9. The van der Waals surface area contributed by atoms with Gasteiger partial charge in [-0.2, -0.15) is 0 Å². The Labute approximate surface area is 459 Å². The maximum Gasteiger partial charge on any atom is 0.407 e. The van der Waals surface area contributed by atoms with Gasteiger partial charge in [-0.15, -0.1) is 0 Å². The molecule has 1 saturated carbocycles. The first-order valence-electron chi connectivity index (χ1n) is 30.0. The van der Waals surface area contributed by atoms with E-state index in [1.165, 1.54) is 155 Å². The highest BCUT2D eigenvalue weighted by Crippen LogP contribution is 2.48. The first-order chi connectivity index (χ1) is 37.0. The molecule has 0 spiro atoms. The van der Waals surface area contributed by atoms with Gasteiger partial charge in [0.2, 0.25) is 0 Å². The zero-order valence-corrected chi connectivity index (χ0v) is 47.6. The van der Waals surface area contributed by atoms with E-state index < -0.39 is 36.3 Å². The van der Waals surface area contributed by atoms with Crippen LogP contribution in [0.3, 0.4) is 0 Å². The van der Waals surface area contributed by atoms with Gasteiger partial charge in [0.15, 0.2) is 0 Å². The fraction of sp³-hybridized carbons (Fsp3) is 0.688. The molecule has 4 N–H and O–H groups in total. The lowest BCUT2D eigenvalue weighted by atomic mass is 9.61. The van der Waals surface area contributed by atoms with Gasteiger partial charge >= 0.3 is 24.1 Å². The molecule has 1 aliphatic rings. The predicted octanol–water partition coefficient (Wildman–Crippen LogP) is 16.6. The summed E-state index contributed by atoms with van der Waals surface area (Å²) in [6.45, 7) is 9.05. The van der Waals surface area contributed by atoms with Gasteiger partial charge in [0.1, 0.15) is 36.9 Å². The summed E-state index contributed by atoms with van der Waals surface area (Å²) in [5.41, 5.74) is 0.406. The Hall–Kier alpha value is -5.00. The summed E-state index contributed by atoms with van der Waals surface area (Å²) in [6, 6.07) is 18.6. The molecule has 0 heterocycles. The lowest BCUT2D eigenvalue weighted by Crippen LogP contribution is -2.35. The van der Waals surface area contributed by atoms with Crippen LogP contribution in [0.25, 0.3) is 0 Å². The maximum absolute atomic E-state index is 12.7. The van der Waals surface area contributed by atoms with Crippen LogP contribution in [0.1, 0.15) is 220 Å². The van der Waals surface area contributed by atoms with Gasteiger partial charge in [0, 0.05) is 37.1 Å². The van der Waals surface area contributed by atoms with Gasteiger partial charge in [-0.1, -0.05) is 204 Å². The molecule has 12 nitrogen and oxygen atoms in total. The van der Waals surface area contributed by atoms with Crippen molar-refractivity contribution in [2.45, 2.75) is 233 Å². The fourth-order valence-electron chi connectivity index (χ4n) is 10.9. The second-order valence-corrected chi connectivity index (χ2v) is 21.7. The largest absolute Gasteiger partial charge is 0.490 e. The summed E-state index contributed by atoms with van der Waals surface area (Å²) >= 11 is 0. The number of carboxylic acid groups (broad SMARTS) is 2. The van der Waals surface area contributed by atoms with Crippen molar-refractivity contribution in [2.24, 2.45) is 23.7 Å². The lowest BCUT2D eigenvalue weighted by Gasteiger charge is -2.44. The first-order valence-corrected chi connectivity index (χ1v) is 30.0. The van der Waals surface area contributed by atoms with Crippen LogP contribution in [0.2, 0.25) is 0 Å². The summed E-state index contributed by atoms with van der Waals surface area (Å²) in [7, 11) is 0. The first kappa shape index (κ1) is 65.3. The molecule has 12 heteroatoms. The average Bonchev–Trinajstić information content (AvgIpc) is 3.42. The van der Waals surface area contributed by atoms with Crippen molar-refractivity contribution in [3.8, 4) is 11.5 Å². The number of carbonyl (C=O) groups excluding carboxylic acids is 2. The van der Waals surface area contributed by atoms with Crippen molar-refractivity contribution in [2.75, 3.05) is 26.3 Å².